The minimum absolute atomic E-state index is 0.0752. The number of nitrogens with two attached hydrogens (primary N) is 1. The van der Waals surface area contributed by atoms with Crippen LogP contribution in [0.25, 0.3) is 0 Å². The number of hydrogen-bond acceptors (Lipinski definition) is 9. The minimum atomic E-state index is -4.08. The zero-order valence-corrected chi connectivity index (χ0v) is 37.2. The molecule has 0 aromatic rings. The highest BCUT2D eigenvalue weighted by atomic mass is 31.2. The van der Waals surface area contributed by atoms with Crippen LogP contribution in [0.15, 0.2) is 12.7 Å². The molecule has 0 aliphatic rings. The molecule has 0 spiro atoms. The summed E-state index contributed by atoms with van der Waals surface area (Å²) in [5, 5.41) is 5.66. The molecule has 330 valence electrons. The topological polar surface area (TPSA) is 155 Å². The molecule has 11 nitrogen and oxygen atoms in total. The molecule has 0 aliphatic heterocycles. The van der Waals surface area contributed by atoms with Gasteiger partial charge < -0.3 is 21.1 Å². The molecule has 56 heavy (non-hydrogen) atoms. The number of rotatable bonds is 43. The Labute approximate surface area is 343 Å². The summed E-state index contributed by atoms with van der Waals surface area (Å²) in [7, 11) is -4.08. The molecule has 4 N–H and O–H groups in total. The van der Waals surface area contributed by atoms with Crippen molar-refractivity contribution in [2.45, 2.75) is 219 Å². The fourth-order valence-corrected chi connectivity index (χ4v) is 7.70. The molecule has 0 heterocycles. The van der Waals surface area contributed by atoms with E-state index in [9.17, 15) is 18.9 Å². The third-order valence-corrected chi connectivity index (χ3v) is 11.4. The van der Waals surface area contributed by atoms with Gasteiger partial charge in [-0.2, -0.15) is 0 Å². The highest BCUT2D eigenvalue weighted by Gasteiger charge is 2.31. The predicted molar refractivity (Wildman–Crippen MR) is 230 cm³/mol. The second kappa shape index (κ2) is 40.0. The first-order chi connectivity index (χ1) is 27.2. The lowest BCUT2D eigenvalue weighted by molar-refractivity contribution is -0.150. The van der Waals surface area contributed by atoms with E-state index >= 15 is 0 Å². The number of unbranched alkanes of at least 4 members (excludes halogenated alkanes) is 22. The average Bonchev–Trinajstić information content (AvgIpc) is 3.19. The van der Waals surface area contributed by atoms with Gasteiger partial charge in [0.15, 0.2) is 0 Å². The number of phosphoric acid groups is 1. The van der Waals surface area contributed by atoms with Crippen LogP contribution in [0.5, 0.6) is 0 Å². The van der Waals surface area contributed by atoms with E-state index < -0.39 is 26.4 Å². The van der Waals surface area contributed by atoms with Gasteiger partial charge in [-0.1, -0.05) is 168 Å². The normalized spacial score (nSPS) is 13.5. The first-order valence-electron chi connectivity index (χ1n) is 22.9. The van der Waals surface area contributed by atoms with Crippen molar-refractivity contribution in [2.75, 3.05) is 32.9 Å². The van der Waals surface area contributed by atoms with Gasteiger partial charge in [0.25, 0.3) is 0 Å². The number of amides is 2. The molecule has 0 radical (unpaired) electrons. The van der Waals surface area contributed by atoms with Crippen LogP contribution in [0.3, 0.4) is 0 Å². The van der Waals surface area contributed by atoms with Gasteiger partial charge in [-0.3, -0.25) is 28.0 Å². The van der Waals surface area contributed by atoms with Crippen LogP contribution in [0.1, 0.15) is 207 Å². The molecule has 0 rings (SSSR count). The Hall–Kier alpha value is -1.78. The zero-order chi connectivity index (χ0) is 41.4. The van der Waals surface area contributed by atoms with Crippen molar-refractivity contribution in [3.8, 4) is 0 Å². The van der Waals surface area contributed by atoms with Gasteiger partial charge in [-0.25, -0.2) is 4.57 Å². The van der Waals surface area contributed by atoms with Gasteiger partial charge in [-0.15, -0.1) is 6.58 Å². The Morgan fingerprint density at radius 2 is 1.12 bits per heavy atom. The molecule has 3 atom stereocenters. The third kappa shape index (κ3) is 34.3. The molecule has 3 unspecified atom stereocenters. The Kier molecular flexibility index (Phi) is 38.7. The van der Waals surface area contributed by atoms with Crippen molar-refractivity contribution in [1.82, 2.24) is 10.6 Å². The van der Waals surface area contributed by atoms with Gasteiger partial charge in [0.1, 0.15) is 12.1 Å². The van der Waals surface area contributed by atoms with E-state index in [0.717, 1.165) is 70.6 Å². The fraction of sp³-hybridized carbons (Fsp3) is 0.886. The summed E-state index contributed by atoms with van der Waals surface area (Å²) in [6.07, 6.45) is 31.9. The summed E-state index contributed by atoms with van der Waals surface area (Å²) < 4.78 is 35.3. The van der Waals surface area contributed by atoms with Crippen molar-refractivity contribution in [3.05, 3.63) is 12.7 Å². The maximum Gasteiger partial charge on any atom is 0.475 e. The fourth-order valence-electron chi connectivity index (χ4n) is 6.53. The maximum absolute atomic E-state index is 13.5. The lowest BCUT2D eigenvalue weighted by Crippen LogP contribution is -2.49. The van der Waals surface area contributed by atoms with Gasteiger partial charge in [-0.05, 0) is 25.7 Å². The van der Waals surface area contributed by atoms with E-state index in [0.29, 0.717) is 19.3 Å². The SMILES string of the molecule is C=CCOP(=O)(OCCN)OCC(NC(=O)CCCCCCCCCCCCC)C(=O)NCCC(CCCCCCC)OC(=O)CCCCCCCCCCC. The summed E-state index contributed by atoms with van der Waals surface area (Å²) in [5.41, 5.74) is 5.54. The molecule has 0 aromatic carbocycles. The van der Waals surface area contributed by atoms with Crippen molar-refractivity contribution < 1.29 is 37.3 Å². The molecule has 0 saturated carbocycles. The lowest BCUT2D eigenvalue weighted by Gasteiger charge is -2.23. The van der Waals surface area contributed by atoms with E-state index in [4.69, 9.17) is 24.0 Å². The van der Waals surface area contributed by atoms with Crippen LogP contribution in [-0.4, -0.2) is 62.8 Å². The number of carbonyl (C=O) groups excluding carboxylic acids is 3. The van der Waals surface area contributed by atoms with Crippen LogP contribution in [0.4, 0.5) is 0 Å². The van der Waals surface area contributed by atoms with Crippen molar-refractivity contribution >= 4 is 25.6 Å². The van der Waals surface area contributed by atoms with Gasteiger partial charge >= 0.3 is 13.8 Å². The van der Waals surface area contributed by atoms with E-state index in [1.165, 1.54) is 96.0 Å². The first kappa shape index (κ1) is 54.2. The highest BCUT2D eigenvalue weighted by Crippen LogP contribution is 2.49. The van der Waals surface area contributed by atoms with Crippen molar-refractivity contribution in [3.63, 3.8) is 0 Å². The Balaban J connectivity index is 5.18. The van der Waals surface area contributed by atoms with Crippen LogP contribution in [-0.2, 0) is 37.3 Å². The Morgan fingerprint density at radius 1 is 0.643 bits per heavy atom. The van der Waals surface area contributed by atoms with E-state index in [2.05, 4.69) is 38.0 Å². The Morgan fingerprint density at radius 3 is 1.62 bits per heavy atom. The number of carbonyl (C=O) groups is 3. The van der Waals surface area contributed by atoms with Crippen LogP contribution in [0.2, 0.25) is 0 Å². The standard InChI is InChI=1S/C44H86N3O8P/c1-5-9-12-15-17-19-20-22-23-26-29-32-42(48)47-41(39-54-56(51,52-37-8-4)53-38-35-45)44(50)46-36-34-40(31-28-25-14-11-7-3)55-43(49)33-30-27-24-21-18-16-13-10-6-2/h8,40-41H,4-7,9-39,45H2,1-3H3,(H,46,50)(H,47,48). The molecule has 12 heteroatoms. The second-order valence-electron chi connectivity index (χ2n) is 15.3. The maximum atomic E-state index is 13.5. The number of phosphoric ester groups is 1. The summed E-state index contributed by atoms with van der Waals surface area (Å²) in [4.78, 5) is 39.3. The third-order valence-electron chi connectivity index (χ3n) is 9.95. The van der Waals surface area contributed by atoms with Crippen LogP contribution in [0, 0.1) is 0 Å². The number of nitrogens with one attached hydrogen (secondary N) is 2. The molecule has 0 aliphatic carbocycles. The Bertz CT molecular complexity index is 1000. The monoisotopic (exact) mass is 816 g/mol. The highest BCUT2D eigenvalue weighted by molar-refractivity contribution is 7.48. The van der Waals surface area contributed by atoms with Crippen LogP contribution >= 0.6 is 7.82 Å². The number of hydrogen-bond donors (Lipinski definition) is 3. The molecule has 0 fully saturated rings. The van der Waals surface area contributed by atoms with Gasteiger partial charge in [0, 0.05) is 32.4 Å². The average molecular weight is 816 g/mol. The van der Waals surface area contributed by atoms with Crippen molar-refractivity contribution in [2.24, 2.45) is 5.73 Å². The quantitative estimate of drug-likeness (QED) is 0.0236. The second-order valence-corrected chi connectivity index (χ2v) is 17.0. The van der Waals surface area contributed by atoms with Gasteiger partial charge in [0.05, 0.1) is 19.8 Å². The summed E-state index contributed by atoms with van der Waals surface area (Å²) >= 11 is 0. The first-order valence-corrected chi connectivity index (χ1v) is 24.3. The molecule has 2 amide bonds. The predicted octanol–water partition coefficient (Wildman–Crippen LogP) is 11.2. The molecule has 0 saturated heterocycles. The van der Waals surface area contributed by atoms with Gasteiger partial charge in [0.2, 0.25) is 11.8 Å². The molecule has 0 bridgehead atoms. The summed E-state index contributed by atoms with van der Waals surface area (Å²) in [6, 6.07) is -1.14. The molecule has 0 aromatic heterocycles. The number of ether oxygens (including phenoxy) is 1. The summed E-state index contributed by atoms with van der Waals surface area (Å²) in [6.45, 7) is 9.95. The number of esters is 1. The van der Waals surface area contributed by atoms with Crippen molar-refractivity contribution in [1.29, 1.82) is 0 Å². The molecular formula is C44H86N3O8P. The summed E-state index contributed by atoms with van der Waals surface area (Å²) in [5.74, 6) is -0.967. The van der Waals surface area contributed by atoms with Crippen LogP contribution < -0.4 is 16.4 Å². The minimum Gasteiger partial charge on any atom is -0.462 e. The smallest absolute Gasteiger partial charge is 0.462 e. The van der Waals surface area contributed by atoms with E-state index in [1.807, 2.05) is 0 Å². The lowest BCUT2D eigenvalue weighted by atomic mass is 10.1. The van der Waals surface area contributed by atoms with E-state index in [-0.39, 0.29) is 50.7 Å². The zero-order valence-electron chi connectivity index (χ0n) is 36.3. The molecular weight excluding hydrogens is 729 g/mol. The van der Waals surface area contributed by atoms with E-state index in [1.54, 1.807) is 0 Å². The largest absolute Gasteiger partial charge is 0.475 e.